The van der Waals surface area contributed by atoms with E-state index in [1.165, 1.54) is 18.6 Å². The molecule has 0 bridgehead atoms. The van der Waals surface area contributed by atoms with Crippen molar-refractivity contribution in [3.05, 3.63) is 30.1 Å². The molecule has 96 valence electrons. The molecule has 0 fully saturated rings. The molecule has 0 heterocycles. The SMILES string of the molecule is CCCNCCCN(CC)c1ccc(F)cc1. The number of rotatable bonds is 8. The minimum absolute atomic E-state index is 0.172. The molecule has 0 radical (unpaired) electrons. The number of nitrogens with zero attached hydrogens (tertiary/aromatic N) is 1. The van der Waals surface area contributed by atoms with E-state index in [4.69, 9.17) is 0 Å². The third kappa shape index (κ3) is 5.18. The molecule has 0 saturated carbocycles. The van der Waals surface area contributed by atoms with Crippen LogP contribution in [0.5, 0.6) is 0 Å². The Morgan fingerprint density at radius 3 is 2.41 bits per heavy atom. The van der Waals surface area contributed by atoms with Crippen molar-refractivity contribution in [1.29, 1.82) is 0 Å². The molecule has 2 nitrogen and oxygen atoms in total. The van der Waals surface area contributed by atoms with Crippen molar-refractivity contribution in [1.82, 2.24) is 5.32 Å². The standard InChI is InChI=1S/C14H23FN2/c1-3-10-16-11-5-12-17(4-2)14-8-6-13(15)7-9-14/h6-9,16H,3-5,10-12H2,1-2H3. The molecule has 0 amide bonds. The van der Waals surface area contributed by atoms with E-state index in [0.717, 1.165) is 38.3 Å². The molecule has 3 heteroatoms. The topological polar surface area (TPSA) is 15.3 Å². The predicted molar refractivity (Wildman–Crippen MR) is 72.1 cm³/mol. The number of hydrogen-bond acceptors (Lipinski definition) is 2. The first-order chi connectivity index (χ1) is 8.27. The Bertz CT molecular complexity index is 298. The third-order valence-corrected chi connectivity index (χ3v) is 2.78. The third-order valence-electron chi connectivity index (χ3n) is 2.78. The predicted octanol–water partition coefficient (Wildman–Crippen LogP) is 3.04. The largest absolute Gasteiger partial charge is 0.372 e. The van der Waals surface area contributed by atoms with Crippen LogP contribution in [0.3, 0.4) is 0 Å². The average molecular weight is 238 g/mol. The molecular weight excluding hydrogens is 215 g/mol. The lowest BCUT2D eigenvalue weighted by atomic mass is 10.2. The van der Waals surface area contributed by atoms with E-state index in [2.05, 4.69) is 24.1 Å². The number of halogens is 1. The summed E-state index contributed by atoms with van der Waals surface area (Å²) >= 11 is 0. The minimum atomic E-state index is -0.172. The summed E-state index contributed by atoms with van der Waals surface area (Å²) in [5.74, 6) is -0.172. The second kappa shape index (κ2) is 8.07. The summed E-state index contributed by atoms with van der Waals surface area (Å²) in [5, 5.41) is 3.39. The first kappa shape index (κ1) is 14.0. The highest BCUT2D eigenvalue weighted by atomic mass is 19.1. The van der Waals surface area contributed by atoms with Crippen LogP contribution in [0.4, 0.5) is 10.1 Å². The Kier molecular flexibility index (Phi) is 6.63. The molecule has 17 heavy (non-hydrogen) atoms. The molecule has 0 spiro atoms. The smallest absolute Gasteiger partial charge is 0.123 e. The molecule has 0 aliphatic carbocycles. The molecule has 0 atom stereocenters. The highest BCUT2D eigenvalue weighted by Gasteiger charge is 2.03. The first-order valence-electron chi connectivity index (χ1n) is 6.49. The lowest BCUT2D eigenvalue weighted by molar-refractivity contribution is 0.623. The highest BCUT2D eigenvalue weighted by Crippen LogP contribution is 2.14. The van der Waals surface area contributed by atoms with Crippen LogP contribution >= 0.6 is 0 Å². The average Bonchev–Trinajstić information content (AvgIpc) is 2.35. The summed E-state index contributed by atoms with van der Waals surface area (Å²) in [7, 11) is 0. The fourth-order valence-electron chi connectivity index (χ4n) is 1.82. The zero-order valence-electron chi connectivity index (χ0n) is 10.9. The second-order valence-electron chi connectivity index (χ2n) is 4.16. The number of nitrogens with one attached hydrogen (secondary N) is 1. The van der Waals surface area contributed by atoms with Crippen molar-refractivity contribution in [3.8, 4) is 0 Å². The second-order valence-corrected chi connectivity index (χ2v) is 4.16. The Balaban J connectivity index is 2.35. The van der Waals surface area contributed by atoms with E-state index >= 15 is 0 Å². The van der Waals surface area contributed by atoms with Crippen molar-refractivity contribution in [3.63, 3.8) is 0 Å². The van der Waals surface area contributed by atoms with Gasteiger partial charge in [0.25, 0.3) is 0 Å². The highest BCUT2D eigenvalue weighted by molar-refractivity contribution is 5.45. The molecule has 1 rings (SSSR count). The normalized spacial score (nSPS) is 10.5. The number of hydrogen-bond donors (Lipinski definition) is 1. The maximum atomic E-state index is 12.8. The molecule has 1 N–H and O–H groups in total. The van der Waals surface area contributed by atoms with Crippen LogP contribution in [-0.2, 0) is 0 Å². The van der Waals surface area contributed by atoms with Gasteiger partial charge in [-0.1, -0.05) is 6.92 Å². The van der Waals surface area contributed by atoms with Crippen LogP contribution < -0.4 is 10.2 Å². The summed E-state index contributed by atoms with van der Waals surface area (Å²) in [4.78, 5) is 2.27. The molecule has 1 aromatic rings. The van der Waals surface area contributed by atoms with E-state index in [1.807, 2.05) is 12.1 Å². The fourth-order valence-corrected chi connectivity index (χ4v) is 1.82. The lowest BCUT2D eigenvalue weighted by Gasteiger charge is -2.23. The Morgan fingerprint density at radius 2 is 1.82 bits per heavy atom. The van der Waals surface area contributed by atoms with Gasteiger partial charge in [0, 0.05) is 18.8 Å². The maximum Gasteiger partial charge on any atom is 0.123 e. The number of benzene rings is 1. The monoisotopic (exact) mass is 238 g/mol. The summed E-state index contributed by atoms with van der Waals surface area (Å²) in [6.07, 6.45) is 2.29. The van der Waals surface area contributed by atoms with Crippen LogP contribution in [-0.4, -0.2) is 26.2 Å². The fraction of sp³-hybridized carbons (Fsp3) is 0.571. The van der Waals surface area contributed by atoms with Gasteiger partial charge < -0.3 is 10.2 Å². The van der Waals surface area contributed by atoms with Crippen molar-refractivity contribution in [2.75, 3.05) is 31.1 Å². The van der Waals surface area contributed by atoms with Gasteiger partial charge in [-0.3, -0.25) is 0 Å². The maximum absolute atomic E-state index is 12.8. The Morgan fingerprint density at radius 1 is 1.12 bits per heavy atom. The van der Waals surface area contributed by atoms with Gasteiger partial charge in [-0.15, -0.1) is 0 Å². The van der Waals surface area contributed by atoms with Crippen molar-refractivity contribution in [2.45, 2.75) is 26.7 Å². The van der Waals surface area contributed by atoms with Gasteiger partial charge in [0.1, 0.15) is 5.82 Å². The molecule has 0 unspecified atom stereocenters. The van der Waals surface area contributed by atoms with Crippen LogP contribution in [0.2, 0.25) is 0 Å². The van der Waals surface area contributed by atoms with Gasteiger partial charge in [-0.2, -0.15) is 0 Å². The van der Waals surface area contributed by atoms with E-state index < -0.39 is 0 Å². The van der Waals surface area contributed by atoms with E-state index in [9.17, 15) is 4.39 Å². The van der Waals surface area contributed by atoms with Gasteiger partial charge >= 0.3 is 0 Å². The van der Waals surface area contributed by atoms with Crippen molar-refractivity contribution < 1.29 is 4.39 Å². The van der Waals surface area contributed by atoms with Crippen molar-refractivity contribution in [2.24, 2.45) is 0 Å². The summed E-state index contributed by atoms with van der Waals surface area (Å²) in [5.41, 5.74) is 1.10. The quantitative estimate of drug-likeness (QED) is 0.700. The van der Waals surface area contributed by atoms with Gasteiger partial charge in [0.2, 0.25) is 0 Å². The lowest BCUT2D eigenvalue weighted by Crippen LogP contribution is -2.27. The molecule has 1 aromatic carbocycles. The number of anilines is 1. The molecular formula is C14H23FN2. The zero-order valence-corrected chi connectivity index (χ0v) is 10.9. The molecule has 0 aromatic heterocycles. The summed E-state index contributed by atoms with van der Waals surface area (Å²) in [6, 6.07) is 6.73. The van der Waals surface area contributed by atoms with Crippen LogP contribution in [0, 0.1) is 5.82 Å². The van der Waals surface area contributed by atoms with E-state index in [-0.39, 0.29) is 5.82 Å². The molecule has 0 saturated heterocycles. The van der Waals surface area contributed by atoms with Gasteiger partial charge in [0.15, 0.2) is 0 Å². The van der Waals surface area contributed by atoms with Crippen molar-refractivity contribution >= 4 is 5.69 Å². The Labute approximate surface area is 104 Å². The minimum Gasteiger partial charge on any atom is -0.372 e. The van der Waals surface area contributed by atoms with Gasteiger partial charge in [-0.05, 0) is 57.1 Å². The van der Waals surface area contributed by atoms with Crippen LogP contribution in [0.1, 0.15) is 26.7 Å². The Hall–Kier alpha value is -1.09. The summed E-state index contributed by atoms with van der Waals surface area (Å²) < 4.78 is 12.8. The zero-order chi connectivity index (χ0) is 12.5. The molecule has 0 aliphatic rings. The van der Waals surface area contributed by atoms with Crippen LogP contribution in [0.25, 0.3) is 0 Å². The van der Waals surface area contributed by atoms with Gasteiger partial charge in [0.05, 0.1) is 0 Å². The van der Waals surface area contributed by atoms with Crippen LogP contribution in [0.15, 0.2) is 24.3 Å². The molecule has 0 aliphatic heterocycles. The van der Waals surface area contributed by atoms with E-state index in [1.54, 1.807) is 0 Å². The first-order valence-corrected chi connectivity index (χ1v) is 6.49. The van der Waals surface area contributed by atoms with Gasteiger partial charge in [-0.25, -0.2) is 4.39 Å². The van der Waals surface area contributed by atoms with E-state index in [0.29, 0.717) is 0 Å². The summed E-state index contributed by atoms with van der Waals surface area (Å²) in [6.45, 7) is 8.40.